The van der Waals surface area contributed by atoms with E-state index in [-0.39, 0.29) is 16.8 Å². The summed E-state index contributed by atoms with van der Waals surface area (Å²) in [6.45, 7) is 1.74. The van der Waals surface area contributed by atoms with Crippen molar-refractivity contribution < 1.29 is 22.8 Å². The van der Waals surface area contributed by atoms with Crippen molar-refractivity contribution in [1.29, 1.82) is 5.41 Å². The number of aromatic nitrogens is 1. The van der Waals surface area contributed by atoms with Gasteiger partial charge in [-0.2, -0.15) is 9.59 Å². The number of benzene rings is 3. The summed E-state index contributed by atoms with van der Waals surface area (Å²) in [6.07, 6.45) is 2.97. The average molecular weight is 504 g/mol. The molecule has 0 radical (unpaired) electrons. The molecule has 2 N–H and O–H groups in total. The molecule has 4 aromatic rings. The fourth-order valence-corrected chi connectivity index (χ4v) is 4.88. The smallest absolute Gasteiger partial charge is 0.350 e. The molecule has 36 heavy (non-hydrogen) atoms. The second-order valence-corrected chi connectivity index (χ2v) is 9.81. The molecule has 0 spiro atoms. The molecule has 0 fully saturated rings. The molecule has 0 amide bonds. The molecule has 4 rings (SSSR count). The van der Waals surface area contributed by atoms with Gasteiger partial charge in [0.05, 0.1) is 4.90 Å². The monoisotopic (exact) mass is 503 g/mol. The maximum absolute atomic E-state index is 13.1. The van der Waals surface area contributed by atoms with Gasteiger partial charge >= 0.3 is 6.15 Å². The molecular weight excluding hydrogens is 478 g/mol. The molecular formula is C27H25N3O5S. The third-order valence-corrected chi connectivity index (χ3v) is 7.02. The standard InChI is InChI=1S/C26H25N3O3S.CO2/c1-18(27)20-11-8-19(9-12-20)10-15-26(30)24-17-29(2)25-14-13-21(16-23(24)25)28-33(31,32)22-6-4-3-5-7-22;2-1-3/h3-9,11-14,16-17,27-28H,10,15H2,1-2H3;. The molecule has 0 saturated heterocycles. The molecule has 0 unspecified atom stereocenters. The van der Waals surface area contributed by atoms with Crippen molar-refractivity contribution in [2.75, 3.05) is 4.72 Å². The predicted molar refractivity (Wildman–Crippen MR) is 137 cm³/mol. The highest BCUT2D eigenvalue weighted by molar-refractivity contribution is 7.92. The Morgan fingerprint density at radius 1 is 1.00 bits per heavy atom. The first-order valence-electron chi connectivity index (χ1n) is 11.0. The summed E-state index contributed by atoms with van der Waals surface area (Å²) < 4.78 is 29.9. The normalized spacial score (nSPS) is 10.7. The molecule has 0 saturated carbocycles. The van der Waals surface area contributed by atoms with Gasteiger partial charge in [-0.15, -0.1) is 0 Å². The Kier molecular flexibility index (Phi) is 8.32. The molecule has 8 nitrogen and oxygen atoms in total. The minimum atomic E-state index is -3.72. The van der Waals surface area contributed by atoms with Crippen LogP contribution in [0.15, 0.2) is 83.9 Å². The zero-order valence-corrected chi connectivity index (χ0v) is 20.6. The van der Waals surface area contributed by atoms with E-state index in [0.717, 1.165) is 16.6 Å². The van der Waals surface area contributed by atoms with Gasteiger partial charge in [0, 0.05) is 47.5 Å². The maximum atomic E-state index is 13.1. The van der Waals surface area contributed by atoms with Crippen LogP contribution in [0.3, 0.4) is 0 Å². The van der Waals surface area contributed by atoms with Gasteiger partial charge in [-0.05, 0) is 54.8 Å². The lowest BCUT2D eigenvalue weighted by molar-refractivity contribution is -0.191. The number of aryl methyl sites for hydroxylation is 2. The first kappa shape index (κ1) is 26.3. The fourth-order valence-electron chi connectivity index (χ4n) is 3.81. The molecule has 0 aliphatic heterocycles. The van der Waals surface area contributed by atoms with Crippen molar-refractivity contribution in [2.45, 2.75) is 24.7 Å². The minimum Gasteiger partial charge on any atom is -0.350 e. The van der Waals surface area contributed by atoms with Gasteiger partial charge in [0.2, 0.25) is 0 Å². The van der Waals surface area contributed by atoms with E-state index in [9.17, 15) is 13.2 Å². The molecule has 184 valence electrons. The summed E-state index contributed by atoms with van der Waals surface area (Å²) in [7, 11) is -1.85. The number of Topliss-reactive ketones (excluding diaryl/α,β-unsaturated/α-hetero) is 1. The summed E-state index contributed by atoms with van der Waals surface area (Å²) in [5.41, 5.74) is 4.23. The zero-order valence-electron chi connectivity index (χ0n) is 19.8. The van der Waals surface area contributed by atoms with Crippen molar-refractivity contribution >= 4 is 44.3 Å². The largest absolute Gasteiger partial charge is 0.373 e. The number of fused-ring (bicyclic) bond motifs is 1. The Balaban J connectivity index is 0.00000115. The summed E-state index contributed by atoms with van der Waals surface area (Å²) in [4.78, 5) is 29.5. The van der Waals surface area contributed by atoms with Crippen molar-refractivity contribution in [3.63, 3.8) is 0 Å². The summed E-state index contributed by atoms with van der Waals surface area (Å²) in [6, 6.07) is 21.1. The third kappa shape index (κ3) is 6.21. The number of hydrogen-bond donors (Lipinski definition) is 2. The van der Waals surface area contributed by atoms with Crippen molar-refractivity contribution in [3.05, 3.63) is 95.7 Å². The second kappa shape index (κ2) is 11.4. The van der Waals surface area contributed by atoms with E-state index >= 15 is 0 Å². The lowest BCUT2D eigenvalue weighted by atomic mass is 10.0. The highest BCUT2D eigenvalue weighted by atomic mass is 32.2. The topological polar surface area (TPSA) is 126 Å². The van der Waals surface area contributed by atoms with Gasteiger partial charge in [-0.25, -0.2) is 8.42 Å². The molecule has 1 heterocycles. The van der Waals surface area contributed by atoms with Crippen LogP contribution in [0.2, 0.25) is 0 Å². The molecule has 0 atom stereocenters. The Morgan fingerprint density at radius 2 is 1.64 bits per heavy atom. The minimum absolute atomic E-state index is 0.00372. The molecule has 3 aromatic carbocycles. The van der Waals surface area contributed by atoms with E-state index in [0.29, 0.717) is 35.2 Å². The van der Waals surface area contributed by atoms with Crippen molar-refractivity contribution in [1.82, 2.24) is 4.57 Å². The van der Waals surface area contributed by atoms with E-state index < -0.39 is 10.0 Å². The Morgan fingerprint density at radius 3 is 2.25 bits per heavy atom. The van der Waals surface area contributed by atoms with E-state index in [2.05, 4.69) is 4.72 Å². The van der Waals surface area contributed by atoms with Crippen LogP contribution in [-0.2, 0) is 33.1 Å². The number of carbonyl (C=O) groups is 1. The average Bonchev–Trinajstić information content (AvgIpc) is 3.19. The van der Waals surface area contributed by atoms with Crippen LogP contribution in [-0.4, -0.2) is 30.6 Å². The molecule has 0 aliphatic rings. The SMILES string of the molecule is CC(=N)c1ccc(CCC(=O)c2cn(C)c3ccc(NS(=O)(=O)c4ccccc4)cc23)cc1.O=C=O. The number of sulfonamides is 1. The lowest BCUT2D eigenvalue weighted by Crippen LogP contribution is -2.12. The number of carbonyl (C=O) groups excluding carboxylic acids is 3. The number of nitrogens with one attached hydrogen (secondary N) is 2. The van der Waals surface area contributed by atoms with Crippen LogP contribution in [0, 0.1) is 5.41 Å². The first-order chi connectivity index (χ1) is 17.2. The van der Waals surface area contributed by atoms with Gasteiger partial charge in [-0.1, -0.05) is 42.5 Å². The molecule has 0 bridgehead atoms. The quantitative estimate of drug-likeness (QED) is 0.268. The van der Waals surface area contributed by atoms with Crippen LogP contribution in [0.4, 0.5) is 5.69 Å². The van der Waals surface area contributed by atoms with Crippen LogP contribution >= 0.6 is 0 Å². The molecule has 1 aromatic heterocycles. The van der Waals surface area contributed by atoms with Gasteiger partial charge in [-0.3, -0.25) is 9.52 Å². The Bertz CT molecular complexity index is 1530. The number of rotatable bonds is 8. The maximum Gasteiger partial charge on any atom is 0.373 e. The fraction of sp³-hybridized carbons (Fsp3) is 0.148. The highest BCUT2D eigenvalue weighted by Crippen LogP contribution is 2.27. The summed E-state index contributed by atoms with van der Waals surface area (Å²) in [5.74, 6) is -0.00372. The van der Waals surface area contributed by atoms with Gasteiger partial charge in [0.15, 0.2) is 5.78 Å². The number of hydrogen-bond acceptors (Lipinski definition) is 6. The van der Waals surface area contributed by atoms with E-state index in [1.165, 1.54) is 12.1 Å². The Labute approximate surface area is 209 Å². The van der Waals surface area contributed by atoms with Crippen LogP contribution in [0.5, 0.6) is 0 Å². The van der Waals surface area contributed by atoms with Crippen LogP contribution in [0.25, 0.3) is 10.9 Å². The van der Waals surface area contributed by atoms with E-state index in [4.69, 9.17) is 15.0 Å². The number of anilines is 1. The van der Waals surface area contributed by atoms with Crippen LogP contribution < -0.4 is 4.72 Å². The first-order valence-corrected chi connectivity index (χ1v) is 12.5. The zero-order chi connectivity index (χ0) is 26.3. The van der Waals surface area contributed by atoms with Crippen molar-refractivity contribution in [2.24, 2.45) is 7.05 Å². The van der Waals surface area contributed by atoms with E-state index in [1.807, 2.05) is 41.9 Å². The lowest BCUT2D eigenvalue weighted by Gasteiger charge is -2.09. The van der Waals surface area contributed by atoms with Gasteiger partial charge in [0.1, 0.15) is 0 Å². The van der Waals surface area contributed by atoms with Crippen molar-refractivity contribution in [3.8, 4) is 0 Å². The molecule has 9 heteroatoms. The van der Waals surface area contributed by atoms with Gasteiger partial charge < -0.3 is 9.98 Å². The predicted octanol–water partition coefficient (Wildman–Crippen LogP) is 4.60. The summed E-state index contributed by atoms with van der Waals surface area (Å²) >= 11 is 0. The number of nitrogens with zero attached hydrogens (tertiary/aromatic N) is 1. The second-order valence-electron chi connectivity index (χ2n) is 8.13. The van der Waals surface area contributed by atoms with E-state index in [1.54, 1.807) is 43.5 Å². The van der Waals surface area contributed by atoms with Gasteiger partial charge in [0.25, 0.3) is 10.0 Å². The third-order valence-electron chi connectivity index (χ3n) is 5.62. The summed E-state index contributed by atoms with van der Waals surface area (Å²) in [5, 5.41) is 8.40. The van der Waals surface area contributed by atoms with Crippen LogP contribution in [0.1, 0.15) is 34.8 Å². The molecule has 0 aliphatic carbocycles. The highest BCUT2D eigenvalue weighted by Gasteiger charge is 2.17. The Hall–Kier alpha value is -4.33. The number of ketones is 1.